The van der Waals surface area contributed by atoms with Gasteiger partial charge in [-0.05, 0) is 66.2 Å². The van der Waals surface area contributed by atoms with Crippen LogP contribution in [-0.2, 0) is 4.79 Å². The van der Waals surface area contributed by atoms with Crippen LogP contribution in [0.25, 0.3) is 0 Å². The van der Waals surface area contributed by atoms with Gasteiger partial charge in [0.05, 0.1) is 7.11 Å². The summed E-state index contributed by atoms with van der Waals surface area (Å²) in [5, 5.41) is 0.623. The molecule has 1 aliphatic heterocycles. The second kappa shape index (κ2) is 7.97. The Morgan fingerprint density at radius 3 is 2.10 bits per heavy atom. The Bertz CT molecular complexity index is 1020. The zero-order valence-electron chi connectivity index (χ0n) is 15.6. The van der Waals surface area contributed by atoms with Crippen LogP contribution in [0.1, 0.15) is 22.0 Å². The molecule has 6 heteroatoms. The Morgan fingerprint density at radius 2 is 1.52 bits per heavy atom. The Labute approximate surface area is 173 Å². The minimum Gasteiger partial charge on any atom is -0.497 e. The van der Waals surface area contributed by atoms with Gasteiger partial charge in [-0.1, -0.05) is 23.7 Å². The molecule has 3 aromatic carbocycles. The number of hydrogen-bond acceptors (Lipinski definition) is 4. The molecule has 1 aliphatic rings. The third-order valence-corrected chi connectivity index (χ3v) is 5.14. The zero-order chi connectivity index (χ0) is 20.4. The summed E-state index contributed by atoms with van der Waals surface area (Å²) in [6.45, 7) is 0. The van der Waals surface area contributed by atoms with E-state index in [0.29, 0.717) is 22.1 Å². The normalized spacial score (nSPS) is 18.1. The van der Waals surface area contributed by atoms with Crippen LogP contribution in [0.5, 0.6) is 11.5 Å². The van der Waals surface area contributed by atoms with E-state index in [4.69, 9.17) is 21.1 Å². The van der Waals surface area contributed by atoms with E-state index in [-0.39, 0.29) is 11.9 Å². The number of β-lactam (4-membered cyclic amide) rings is 1. The predicted octanol–water partition coefficient (Wildman–Crippen LogP) is 4.70. The van der Waals surface area contributed by atoms with Gasteiger partial charge in [-0.15, -0.1) is 0 Å². The first-order valence-corrected chi connectivity index (χ1v) is 9.43. The van der Waals surface area contributed by atoms with E-state index in [1.807, 2.05) is 36.4 Å². The van der Waals surface area contributed by atoms with Crippen LogP contribution in [-0.4, -0.2) is 25.4 Å². The summed E-state index contributed by atoms with van der Waals surface area (Å²) < 4.78 is 11.2. The fraction of sp³-hybridized carbons (Fsp3) is 0.130. The Kier molecular flexibility index (Phi) is 5.23. The van der Waals surface area contributed by atoms with E-state index >= 15 is 0 Å². The Balaban J connectivity index is 1.65. The van der Waals surface area contributed by atoms with E-state index in [1.165, 1.54) is 0 Å². The molecule has 1 fully saturated rings. The van der Waals surface area contributed by atoms with Crippen LogP contribution in [0.15, 0.2) is 72.8 Å². The number of nitrogens with zero attached hydrogens (tertiary/aromatic N) is 1. The first kappa shape index (κ1) is 19.0. The van der Waals surface area contributed by atoms with Crippen molar-refractivity contribution in [2.75, 3.05) is 12.0 Å². The standard InChI is InChI=1S/C23H18ClNO4/c1-28-19-12-8-18(9-13-19)25-21(16-4-6-17(24)7-5-16)22(23(25)27)29-20-10-2-15(14-26)3-11-20/h2-14,21-22H,1H3/t21-,22+/m0/s1. The first-order valence-electron chi connectivity index (χ1n) is 9.05. The third-order valence-electron chi connectivity index (χ3n) is 4.89. The summed E-state index contributed by atoms with van der Waals surface area (Å²) >= 11 is 6.03. The number of ether oxygens (including phenoxy) is 2. The molecule has 0 radical (unpaired) electrons. The molecule has 0 aliphatic carbocycles. The van der Waals surface area contributed by atoms with Gasteiger partial charge in [0.1, 0.15) is 23.8 Å². The van der Waals surface area contributed by atoms with Crippen molar-refractivity contribution >= 4 is 29.5 Å². The van der Waals surface area contributed by atoms with Crippen molar-refractivity contribution in [2.24, 2.45) is 0 Å². The maximum atomic E-state index is 13.0. The van der Waals surface area contributed by atoms with Gasteiger partial charge in [0.25, 0.3) is 5.91 Å². The molecular formula is C23H18ClNO4. The smallest absolute Gasteiger partial charge is 0.271 e. The molecule has 0 N–H and O–H groups in total. The summed E-state index contributed by atoms with van der Waals surface area (Å²) in [6, 6.07) is 21.1. The number of aldehydes is 1. The van der Waals surface area contributed by atoms with Crippen molar-refractivity contribution in [2.45, 2.75) is 12.1 Å². The van der Waals surface area contributed by atoms with Crippen LogP contribution in [0, 0.1) is 0 Å². The maximum absolute atomic E-state index is 13.0. The van der Waals surface area contributed by atoms with Gasteiger partial charge in [0.15, 0.2) is 0 Å². The molecule has 4 rings (SSSR count). The molecule has 2 atom stereocenters. The highest BCUT2D eigenvalue weighted by molar-refractivity contribution is 6.30. The number of carbonyl (C=O) groups excluding carboxylic acids is 2. The lowest BCUT2D eigenvalue weighted by atomic mass is 9.89. The lowest BCUT2D eigenvalue weighted by Gasteiger charge is -2.46. The molecule has 1 saturated heterocycles. The molecule has 0 aromatic heterocycles. The monoisotopic (exact) mass is 407 g/mol. The van der Waals surface area contributed by atoms with Crippen molar-refractivity contribution in [3.8, 4) is 11.5 Å². The molecular weight excluding hydrogens is 390 g/mol. The summed E-state index contributed by atoms with van der Waals surface area (Å²) in [5.74, 6) is 1.10. The summed E-state index contributed by atoms with van der Waals surface area (Å²) in [6.07, 6.45) is 0.0839. The van der Waals surface area contributed by atoms with Crippen molar-refractivity contribution in [3.63, 3.8) is 0 Å². The summed E-state index contributed by atoms with van der Waals surface area (Å²) in [4.78, 5) is 25.5. The van der Waals surface area contributed by atoms with Gasteiger partial charge in [-0.2, -0.15) is 0 Å². The van der Waals surface area contributed by atoms with Crippen LogP contribution in [0.3, 0.4) is 0 Å². The van der Waals surface area contributed by atoms with Crippen LogP contribution in [0.4, 0.5) is 5.69 Å². The molecule has 0 bridgehead atoms. The van der Waals surface area contributed by atoms with Crippen molar-refractivity contribution < 1.29 is 19.1 Å². The molecule has 3 aromatic rings. The number of halogens is 1. The molecule has 146 valence electrons. The second-order valence-electron chi connectivity index (χ2n) is 6.63. The topological polar surface area (TPSA) is 55.8 Å². The molecule has 1 amide bonds. The number of benzene rings is 3. The molecule has 0 unspecified atom stereocenters. The van der Waals surface area contributed by atoms with Crippen LogP contribution >= 0.6 is 11.6 Å². The van der Waals surface area contributed by atoms with Crippen molar-refractivity contribution in [3.05, 3.63) is 88.9 Å². The number of carbonyl (C=O) groups is 2. The lowest BCUT2D eigenvalue weighted by molar-refractivity contribution is -0.135. The molecule has 5 nitrogen and oxygen atoms in total. The van der Waals surface area contributed by atoms with Gasteiger partial charge < -0.3 is 9.47 Å². The Morgan fingerprint density at radius 1 is 0.897 bits per heavy atom. The second-order valence-corrected chi connectivity index (χ2v) is 7.06. The summed E-state index contributed by atoms with van der Waals surface area (Å²) in [5.41, 5.74) is 2.22. The largest absolute Gasteiger partial charge is 0.497 e. The minimum atomic E-state index is -0.680. The number of hydrogen-bond donors (Lipinski definition) is 0. The quantitative estimate of drug-likeness (QED) is 0.439. The molecule has 0 spiro atoms. The van der Waals surface area contributed by atoms with Gasteiger partial charge in [0, 0.05) is 16.3 Å². The highest BCUT2D eigenvalue weighted by Gasteiger charge is 2.51. The van der Waals surface area contributed by atoms with Crippen LogP contribution < -0.4 is 14.4 Å². The molecule has 0 saturated carbocycles. The fourth-order valence-electron chi connectivity index (χ4n) is 3.36. The van der Waals surface area contributed by atoms with Crippen LogP contribution in [0.2, 0.25) is 5.02 Å². The Hall–Kier alpha value is -3.31. The van der Waals surface area contributed by atoms with Gasteiger partial charge >= 0.3 is 0 Å². The van der Waals surface area contributed by atoms with Gasteiger partial charge in [-0.25, -0.2) is 0 Å². The van der Waals surface area contributed by atoms with E-state index in [0.717, 1.165) is 17.5 Å². The average molecular weight is 408 g/mol. The fourth-order valence-corrected chi connectivity index (χ4v) is 3.49. The highest BCUT2D eigenvalue weighted by Crippen LogP contribution is 2.41. The lowest BCUT2D eigenvalue weighted by Crippen LogP contribution is -2.61. The van der Waals surface area contributed by atoms with Gasteiger partial charge in [-0.3, -0.25) is 14.5 Å². The number of methoxy groups -OCH3 is 1. The first-order chi connectivity index (χ1) is 14.1. The van der Waals surface area contributed by atoms with E-state index in [2.05, 4.69) is 0 Å². The number of anilines is 1. The van der Waals surface area contributed by atoms with E-state index in [9.17, 15) is 9.59 Å². The van der Waals surface area contributed by atoms with E-state index in [1.54, 1.807) is 48.4 Å². The summed E-state index contributed by atoms with van der Waals surface area (Å²) in [7, 11) is 1.60. The minimum absolute atomic E-state index is 0.144. The van der Waals surface area contributed by atoms with Crippen molar-refractivity contribution in [1.82, 2.24) is 0 Å². The maximum Gasteiger partial charge on any atom is 0.271 e. The predicted molar refractivity (Wildman–Crippen MR) is 111 cm³/mol. The van der Waals surface area contributed by atoms with Crippen molar-refractivity contribution in [1.29, 1.82) is 0 Å². The number of amides is 1. The van der Waals surface area contributed by atoms with Gasteiger partial charge in [0.2, 0.25) is 6.10 Å². The average Bonchev–Trinajstić information content (AvgIpc) is 2.77. The number of rotatable bonds is 6. The molecule has 1 heterocycles. The highest BCUT2D eigenvalue weighted by atomic mass is 35.5. The van der Waals surface area contributed by atoms with E-state index < -0.39 is 6.10 Å². The zero-order valence-corrected chi connectivity index (χ0v) is 16.4. The molecule has 29 heavy (non-hydrogen) atoms. The SMILES string of the molecule is COc1ccc(N2C(=O)[C@H](Oc3ccc(C=O)cc3)[C@@H]2c2ccc(Cl)cc2)cc1. The third kappa shape index (κ3) is 3.69.